The van der Waals surface area contributed by atoms with Crippen LogP contribution in [0.25, 0.3) is 0 Å². The third-order valence-electron chi connectivity index (χ3n) is 5.27. The van der Waals surface area contributed by atoms with Crippen molar-refractivity contribution in [2.75, 3.05) is 32.6 Å². The van der Waals surface area contributed by atoms with Gasteiger partial charge in [-0.25, -0.2) is 4.79 Å². The summed E-state index contributed by atoms with van der Waals surface area (Å²) in [6.07, 6.45) is 0.0293. The molecule has 1 aromatic carbocycles. The van der Waals surface area contributed by atoms with Gasteiger partial charge in [-0.15, -0.1) is 0 Å². The molecule has 0 aliphatic carbocycles. The highest BCUT2D eigenvalue weighted by Crippen LogP contribution is 2.35. The number of anilines is 1. The van der Waals surface area contributed by atoms with E-state index in [0.29, 0.717) is 5.69 Å². The summed E-state index contributed by atoms with van der Waals surface area (Å²) >= 11 is 0. The van der Waals surface area contributed by atoms with Crippen molar-refractivity contribution in [1.29, 1.82) is 0 Å². The van der Waals surface area contributed by atoms with Crippen molar-refractivity contribution in [1.82, 2.24) is 9.80 Å². The topological polar surface area (TPSA) is 122 Å². The normalized spacial score (nSPS) is 18.8. The van der Waals surface area contributed by atoms with Crippen LogP contribution in [0.2, 0.25) is 0 Å². The fourth-order valence-corrected chi connectivity index (χ4v) is 3.86. The molecule has 10 nitrogen and oxygen atoms in total. The number of nitrogens with one attached hydrogen (secondary N) is 1. The minimum Gasteiger partial charge on any atom is -0.456 e. The molecule has 3 rings (SSSR count). The molecule has 0 aromatic heterocycles. The van der Waals surface area contributed by atoms with Crippen LogP contribution in [0.1, 0.15) is 64.7 Å². The van der Waals surface area contributed by atoms with Crippen molar-refractivity contribution < 1.29 is 33.4 Å². The molecule has 32 heavy (non-hydrogen) atoms. The predicted molar refractivity (Wildman–Crippen MR) is 113 cm³/mol. The molecular formula is C22H27N3O7. The summed E-state index contributed by atoms with van der Waals surface area (Å²) in [4.78, 5) is 66.6. The third-order valence-corrected chi connectivity index (χ3v) is 5.27. The highest BCUT2D eigenvalue weighted by molar-refractivity contribution is 6.27. The van der Waals surface area contributed by atoms with Crippen LogP contribution in [0.4, 0.5) is 5.69 Å². The Balaban J connectivity index is 2.02. The van der Waals surface area contributed by atoms with Gasteiger partial charge in [-0.2, -0.15) is 0 Å². The number of fused-ring (bicyclic) bond motifs is 1. The van der Waals surface area contributed by atoms with E-state index in [1.165, 1.54) is 19.2 Å². The van der Waals surface area contributed by atoms with E-state index in [-0.39, 0.29) is 48.6 Å². The van der Waals surface area contributed by atoms with Crippen LogP contribution in [0.5, 0.6) is 0 Å². The minimum atomic E-state index is -1.14. The first kappa shape index (κ1) is 23.4. The van der Waals surface area contributed by atoms with Crippen molar-refractivity contribution in [2.24, 2.45) is 0 Å². The van der Waals surface area contributed by atoms with E-state index in [2.05, 4.69) is 5.32 Å². The summed E-state index contributed by atoms with van der Waals surface area (Å²) in [5, 5.41) is 2.85. The molecule has 2 aliphatic rings. The van der Waals surface area contributed by atoms with Crippen LogP contribution in [-0.2, 0) is 19.1 Å². The van der Waals surface area contributed by atoms with E-state index in [0.717, 1.165) is 9.80 Å². The number of ether oxygens (including phenoxy) is 2. The molecule has 0 saturated carbocycles. The number of likely N-dealkylation sites (tertiary alicyclic amines) is 1. The lowest BCUT2D eigenvalue weighted by Crippen LogP contribution is -2.56. The summed E-state index contributed by atoms with van der Waals surface area (Å²) in [7, 11) is 3.02. The van der Waals surface area contributed by atoms with E-state index in [1.54, 1.807) is 27.8 Å². The quantitative estimate of drug-likeness (QED) is 0.516. The first-order chi connectivity index (χ1) is 15.0. The Morgan fingerprint density at radius 3 is 2.44 bits per heavy atom. The number of carbonyl (C=O) groups is 5. The van der Waals surface area contributed by atoms with Crippen molar-refractivity contribution in [3.05, 3.63) is 28.8 Å². The second kappa shape index (κ2) is 8.70. The zero-order valence-corrected chi connectivity index (χ0v) is 18.8. The average Bonchev–Trinajstić information content (AvgIpc) is 2.96. The second-order valence-corrected chi connectivity index (χ2v) is 8.57. The maximum Gasteiger partial charge on any atom is 0.341 e. The number of rotatable bonds is 6. The lowest BCUT2D eigenvalue weighted by atomic mass is 10.00. The Morgan fingerprint density at radius 2 is 1.84 bits per heavy atom. The lowest BCUT2D eigenvalue weighted by Gasteiger charge is -2.34. The number of imide groups is 2. The van der Waals surface area contributed by atoms with Crippen LogP contribution in [0.3, 0.4) is 0 Å². The lowest BCUT2D eigenvalue weighted by molar-refractivity contribution is -0.152. The fraction of sp³-hybridized carbons (Fsp3) is 0.500. The number of carbonyl (C=O) groups excluding carboxylic acids is 5. The SMILES string of the molecule is CNc1ccc2c(c1C(=O)OC(C)(C)C)C(=O)N(C1CCC(=O)N(CCOC)C1=O)C2=O. The first-order valence-electron chi connectivity index (χ1n) is 10.3. The number of esters is 1. The van der Waals surface area contributed by atoms with Gasteiger partial charge < -0.3 is 14.8 Å². The van der Waals surface area contributed by atoms with Crippen LogP contribution in [0.15, 0.2) is 12.1 Å². The smallest absolute Gasteiger partial charge is 0.341 e. The maximum atomic E-state index is 13.4. The summed E-state index contributed by atoms with van der Waals surface area (Å²) in [5.74, 6) is -3.22. The summed E-state index contributed by atoms with van der Waals surface area (Å²) < 4.78 is 10.4. The van der Waals surface area contributed by atoms with Gasteiger partial charge in [0.05, 0.1) is 29.8 Å². The Bertz CT molecular complexity index is 996. The Kier molecular flexibility index (Phi) is 6.36. The Hall–Kier alpha value is -3.27. The fourth-order valence-electron chi connectivity index (χ4n) is 3.86. The van der Waals surface area contributed by atoms with Crippen LogP contribution < -0.4 is 5.32 Å². The Morgan fingerprint density at radius 1 is 1.16 bits per heavy atom. The van der Waals surface area contributed by atoms with Gasteiger partial charge >= 0.3 is 5.97 Å². The number of piperidine rings is 1. The second-order valence-electron chi connectivity index (χ2n) is 8.57. The number of nitrogens with zero attached hydrogens (tertiary/aromatic N) is 2. The molecule has 1 aromatic rings. The van der Waals surface area contributed by atoms with Gasteiger partial charge in [0.15, 0.2) is 0 Å². The Labute approximate surface area is 185 Å². The molecule has 172 valence electrons. The monoisotopic (exact) mass is 445 g/mol. The molecule has 1 unspecified atom stereocenters. The largest absolute Gasteiger partial charge is 0.456 e. The van der Waals surface area contributed by atoms with Gasteiger partial charge in [-0.3, -0.25) is 29.0 Å². The van der Waals surface area contributed by atoms with E-state index in [9.17, 15) is 24.0 Å². The highest BCUT2D eigenvalue weighted by atomic mass is 16.6. The summed E-state index contributed by atoms with van der Waals surface area (Å²) in [6.45, 7) is 5.25. The molecular weight excluding hydrogens is 418 g/mol. The van der Waals surface area contributed by atoms with Gasteiger partial charge in [0, 0.05) is 26.3 Å². The molecule has 4 amide bonds. The first-order valence-corrected chi connectivity index (χ1v) is 10.3. The van der Waals surface area contributed by atoms with Crippen molar-refractivity contribution in [2.45, 2.75) is 45.3 Å². The molecule has 10 heteroatoms. The van der Waals surface area contributed by atoms with Crippen molar-refractivity contribution >= 4 is 35.3 Å². The zero-order valence-electron chi connectivity index (χ0n) is 18.8. The van der Waals surface area contributed by atoms with Crippen molar-refractivity contribution in [3.8, 4) is 0 Å². The van der Waals surface area contributed by atoms with E-state index in [1.807, 2.05) is 0 Å². The van der Waals surface area contributed by atoms with Gasteiger partial charge in [-0.05, 0) is 39.3 Å². The standard InChI is InChI=1S/C22H27N3O7/c1-22(2,3)32-21(30)17-13(23-4)7-6-12-16(17)20(29)25(18(12)27)14-8-9-15(26)24(19(14)28)10-11-31-5/h6-7,14,23H,8-11H2,1-5H3. The van der Waals surface area contributed by atoms with Crippen LogP contribution >= 0.6 is 0 Å². The van der Waals surface area contributed by atoms with Crippen LogP contribution in [0, 0.1) is 0 Å². The number of hydrogen-bond acceptors (Lipinski definition) is 8. The molecule has 1 saturated heterocycles. The highest BCUT2D eigenvalue weighted by Gasteiger charge is 2.49. The maximum absolute atomic E-state index is 13.4. The third kappa shape index (κ3) is 4.10. The van der Waals surface area contributed by atoms with Gasteiger partial charge in [0.25, 0.3) is 17.7 Å². The van der Waals surface area contributed by atoms with Crippen LogP contribution in [-0.4, -0.2) is 78.3 Å². The van der Waals surface area contributed by atoms with Crippen molar-refractivity contribution in [3.63, 3.8) is 0 Å². The molecule has 2 heterocycles. The molecule has 1 atom stereocenters. The number of methoxy groups -OCH3 is 1. The molecule has 1 fully saturated rings. The van der Waals surface area contributed by atoms with E-state index in [4.69, 9.17) is 9.47 Å². The molecule has 1 N–H and O–H groups in total. The summed E-state index contributed by atoms with van der Waals surface area (Å²) in [6, 6.07) is 1.82. The molecule has 0 bridgehead atoms. The van der Waals surface area contributed by atoms with Gasteiger partial charge in [0.2, 0.25) is 5.91 Å². The molecule has 2 aliphatic heterocycles. The molecule has 0 spiro atoms. The number of hydrogen-bond donors (Lipinski definition) is 1. The van der Waals surface area contributed by atoms with E-state index < -0.39 is 35.3 Å². The number of amides is 4. The predicted octanol–water partition coefficient (Wildman–Crippen LogP) is 1.44. The summed E-state index contributed by atoms with van der Waals surface area (Å²) in [5.41, 5.74) is -0.644. The van der Waals surface area contributed by atoms with Gasteiger partial charge in [-0.1, -0.05) is 0 Å². The minimum absolute atomic E-state index is 0.00815. The van der Waals surface area contributed by atoms with E-state index >= 15 is 0 Å². The number of benzene rings is 1. The van der Waals surface area contributed by atoms with Gasteiger partial charge in [0.1, 0.15) is 11.6 Å². The zero-order chi connectivity index (χ0) is 23.8. The molecule has 0 radical (unpaired) electrons. The average molecular weight is 445 g/mol.